The van der Waals surface area contributed by atoms with Crippen LogP contribution >= 0.6 is 0 Å². The van der Waals surface area contributed by atoms with E-state index in [-0.39, 0.29) is 0 Å². The molecule has 0 aromatic carbocycles. The molecule has 2 bridgehead atoms. The molecule has 0 N–H and O–H groups in total. The molecule has 68 valence electrons. The zero-order valence-corrected chi connectivity index (χ0v) is 8.83. The van der Waals surface area contributed by atoms with E-state index in [9.17, 15) is 0 Å². The van der Waals surface area contributed by atoms with Crippen LogP contribution in [0.1, 0.15) is 53.4 Å². The van der Waals surface area contributed by atoms with Gasteiger partial charge in [0.25, 0.3) is 0 Å². The van der Waals surface area contributed by atoms with E-state index >= 15 is 0 Å². The third kappa shape index (κ3) is 0.787. The lowest BCUT2D eigenvalue weighted by molar-refractivity contribution is 0.0644. The maximum absolute atomic E-state index is 2.48. The van der Waals surface area contributed by atoms with Crippen LogP contribution in [-0.4, -0.2) is 0 Å². The summed E-state index contributed by atoms with van der Waals surface area (Å²) in [5.41, 5.74) is 4.53. The second kappa shape index (κ2) is 2.16. The van der Waals surface area contributed by atoms with Crippen LogP contribution < -0.4 is 0 Å². The molecule has 12 heavy (non-hydrogen) atoms. The zero-order chi connectivity index (χ0) is 8.98. The maximum atomic E-state index is 2.48. The van der Waals surface area contributed by atoms with Gasteiger partial charge in [-0.3, -0.25) is 0 Å². The van der Waals surface area contributed by atoms with E-state index in [4.69, 9.17) is 0 Å². The standard InChI is InChI=1S/C12H20/c1-9-10-5-7-12(4,8-6-10)11(9,2)3/h5-8H2,1-4H3. The highest BCUT2D eigenvalue weighted by molar-refractivity contribution is 5.30. The van der Waals surface area contributed by atoms with Crippen molar-refractivity contribution >= 4 is 0 Å². The number of hydrogen-bond donors (Lipinski definition) is 0. The first-order valence-electron chi connectivity index (χ1n) is 5.16. The smallest absolute Gasteiger partial charge is 0.00908 e. The van der Waals surface area contributed by atoms with Crippen LogP contribution in [0, 0.1) is 10.8 Å². The van der Waals surface area contributed by atoms with E-state index in [2.05, 4.69) is 27.7 Å². The Morgan fingerprint density at radius 1 is 1.00 bits per heavy atom. The number of fused-ring (bicyclic) bond motifs is 3. The highest BCUT2D eigenvalue weighted by Gasteiger charge is 2.48. The summed E-state index contributed by atoms with van der Waals surface area (Å²) in [5.74, 6) is 0. The fourth-order valence-corrected chi connectivity index (χ4v) is 3.00. The first-order valence-corrected chi connectivity index (χ1v) is 5.16. The molecule has 0 spiro atoms. The van der Waals surface area contributed by atoms with Crippen molar-refractivity contribution in [2.24, 2.45) is 10.8 Å². The third-order valence-electron chi connectivity index (χ3n) is 4.93. The molecule has 0 aromatic rings. The number of allylic oxidation sites excluding steroid dienone is 2. The second-order valence-electron chi connectivity index (χ2n) is 5.41. The van der Waals surface area contributed by atoms with Gasteiger partial charge in [0.15, 0.2) is 0 Å². The second-order valence-corrected chi connectivity index (χ2v) is 5.41. The van der Waals surface area contributed by atoms with Crippen LogP contribution in [0.25, 0.3) is 0 Å². The van der Waals surface area contributed by atoms with Crippen LogP contribution in [0.3, 0.4) is 0 Å². The maximum Gasteiger partial charge on any atom is -0.00908 e. The van der Waals surface area contributed by atoms with Crippen molar-refractivity contribution in [1.82, 2.24) is 0 Å². The van der Waals surface area contributed by atoms with Gasteiger partial charge in [-0.2, -0.15) is 0 Å². The summed E-state index contributed by atoms with van der Waals surface area (Å²) >= 11 is 0. The zero-order valence-electron chi connectivity index (χ0n) is 8.83. The molecular weight excluding hydrogens is 144 g/mol. The molecule has 0 saturated heterocycles. The number of rotatable bonds is 0. The van der Waals surface area contributed by atoms with Crippen molar-refractivity contribution in [3.05, 3.63) is 11.1 Å². The summed E-state index contributed by atoms with van der Waals surface area (Å²) in [6.45, 7) is 9.69. The summed E-state index contributed by atoms with van der Waals surface area (Å²) in [6, 6.07) is 0. The molecule has 3 aliphatic carbocycles. The highest BCUT2D eigenvalue weighted by Crippen LogP contribution is 2.60. The molecule has 1 fully saturated rings. The summed E-state index contributed by atoms with van der Waals surface area (Å²) in [6.07, 6.45) is 5.61. The van der Waals surface area contributed by atoms with Gasteiger partial charge in [0.2, 0.25) is 0 Å². The third-order valence-corrected chi connectivity index (χ3v) is 4.93. The highest BCUT2D eigenvalue weighted by atomic mass is 14.5. The van der Waals surface area contributed by atoms with E-state index < -0.39 is 0 Å². The van der Waals surface area contributed by atoms with Gasteiger partial charge >= 0.3 is 0 Å². The van der Waals surface area contributed by atoms with Crippen molar-refractivity contribution < 1.29 is 0 Å². The Bertz CT molecular complexity index is 233. The molecule has 0 radical (unpaired) electrons. The van der Waals surface area contributed by atoms with Crippen LogP contribution in [0.15, 0.2) is 11.1 Å². The monoisotopic (exact) mass is 164 g/mol. The van der Waals surface area contributed by atoms with Gasteiger partial charge in [-0.1, -0.05) is 31.9 Å². The predicted octanol–water partition coefficient (Wildman–Crippen LogP) is 3.92. The molecule has 3 aliphatic rings. The van der Waals surface area contributed by atoms with E-state index in [1.807, 2.05) is 0 Å². The Balaban J connectivity index is 2.53. The van der Waals surface area contributed by atoms with Crippen molar-refractivity contribution in [2.75, 3.05) is 0 Å². The van der Waals surface area contributed by atoms with Gasteiger partial charge in [0, 0.05) is 0 Å². The topological polar surface area (TPSA) is 0 Å². The molecule has 0 heteroatoms. The van der Waals surface area contributed by atoms with Crippen LogP contribution in [-0.2, 0) is 0 Å². The largest absolute Gasteiger partial charge is 0.0707 e. The summed E-state index contributed by atoms with van der Waals surface area (Å²) < 4.78 is 0. The average molecular weight is 164 g/mol. The van der Waals surface area contributed by atoms with Crippen molar-refractivity contribution in [3.63, 3.8) is 0 Å². The van der Waals surface area contributed by atoms with Gasteiger partial charge in [0.05, 0.1) is 0 Å². The van der Waals surface area contributed by atoms with E-state index in [1.165, 1.54) is 25.7 Å². The molecule has 0 heterocycles. The summed E-state index contributed by atoms with van der Waals surface area (Å²) in [4.78, 5) is 0. The van der Waals surface area contributed by atoms with Crippen molar-refractivity contribution in [1.29, 1.82) is 0 Å². The van der Waals surface area contributed by atoms with Crippen LogP contribution in [0.2, 0.25) is 0 Å². The fraction of sp³-hybridized carbons (Fsp3) is 0.833. The van der Waals surface area contributed by atoms with Crippen molar-refractivity contribution in [2.45, 2.75) is 53.4 Å². The van der Waals surface area contributed by atoms with E-state index in [0.717, 1.165) is 0 Å². The first kappa shape index (κ1) is 8.34. The molecule has 0 aromatic heterocycles. The summed E-state index contributed by atoms with van der Waals surface area (Å²) in [7, 11) is 0. The molecule has 0 aliphatic heterocycles. The molecular formula is C12H20. The predicted molar refractivity (Wildman–Crippen MR) is 53.1 cm³/mol. The van der Waals surface area contributed by atoms with Gasteiger partial charge in [-0.05, 0) is 43.4 Å². The van der Waals surface area contributed by atoms with E-state index in [0.29, 0.717) is 10.8 Å². The molecule has 0 nitrogen and oxygen atoms in total. The minimum absolute atomic E-state index is 0.471. The molecule has 0 unspecified atom stereocenters. The molecule has 0 amide bonds. The lowest BCUT2D eigenvalue weighted by Gasteiger charge is -2.54. The lowest BCUT2D eigenvalue weighted by atomic mass is 9.51. The Hall–Kier alpha value is -0.260. The van der Waals surface area contributed by atoms with Gasteiger partial charge in [-0.15, -0.1) is 0 Å². The molecule has 0 atom stereocenters. The van der Waals surface area contributed by atoms with Crippen molar-refractivity contribution in [3.8, 4) is 0 Å². The first-order chi connectivity index (χ1) is 5.47. The minimum Gasteiger partial charge on any atom is -0.0707 e. The average Bonchev–Trinajstić information content (AvgIpc) is 2.02. The molecule has 3 rings (SSSR count). The lowest BCUT2D eigenvalue weighted by Crippen LogP contribution is -2.43. The Morgan fingerprint density at radius 3 is 1.83 bits per heavy atom. The Kier molecular flexibility index (Phi) is 1.50. The summed E-state index contributed by atoms with van der Waals surface area (Å²) in [5, 5.41) is 0. The Labute approximate surface area is 76.1 Å². The van der Waals surface area contributed by atoms with E-state index in [1.54, 1.807) is 11.1 Å². The van der Waals surface area contributed by atoms with Gasteiger partial charge < -0.3 is 0 Å². The quantitative estimate of drug-likeness (QED) is 0.476. The number of hydrogen-bond acceptors (Lipinski definition) is 0. The van der Waals surface area contributed by atoms with Gasteiger partial charge in [-0.25, -0.2) is 0 Å². The Morgan fingerprint density at radius 2 is 1.50 bits per heavy atom. The fourth-order valence-electron chi connectivity index (χ4n) is 3.00. The molecule has 1 saturated carbocycles. The van der Waals surface area contributed by atoms with Crippen LogP contribution in [0.4, 0.5) is 0 Å². The normalized spacial score (nSPS) is 31.0. The SMILES string of the molecule is CC1=C2CCC(C)(CC2)C1(C)C. The van der Waals surface area contributed by atoms with Crippen LogP contribution in [0.5, 0.6) is 0 Å². The van der Waals surface area contributed by atoms with Gasteiger partial charge in [0.1, 0.15) is 0 Å². The minimum atomic E-state index is 0.471.